The predicted molar refractivity (Wildman–Crippen MR) is 102 cm³/mol. The lowest BCUT2D eigenvalue weighted by Crippen LogP contribution is -2.28. The van der Waals surface area contributed by atoms with Crippen LogP contribution in [0.15, 0.2) is 48.4 Å². The van der Waals surface area contributed by atoms with Crippen molar-refractivity contribution in [3.05, 3.63) is 71.0 Å². The lowest BCUT2D eigenvalue weighted by atomic mass is 10.2. The Kier molecular flexibility index (Phi) is 6.58. The van der Waals surface area contributed by atoms with E-state index >= 15 is 0 Å². The minimum absolute atomic E-state index is 0.205. The van der Waals surface area contributed by atoms with Crippen molar-refractivity contribution in [1.29, 1.82) is 0 Å². The number of thiazole rings is 1. The third-order valence-corrected chi connectivity index (χ3v) is 4.41. The van der Waals surface area contributed by atoms with Gasteiger partial charge in [0, 0.05) is 37.3 Å². The van der Waals surface area contributed by atoms with Gasteiger partial charge in [0.05, 0.1) is 11.3 Å². The van der Waals surface area contributed by atoms with Crippen LogP contribution < -0.4 is 16.0 Å². The van der Waals surface area contributed by atoms with Gasteiger partial charge in [-0.3, -0.25) is 10.1 Å². The van der Waals surface area contributed by atoms with Crippen molar-refractivity contribution in [2.45, 2.75) is 13.0 Å². The van der Waals surface area contributed by atoms with E-state index in [0.717, 1.165) is 5.69 Å². The minimum Gasteiger partial charge on any atom is -0.352 e. The van der Waals surface area contributed by atoms with Crippen LogP contribution in [0.4, 0.5) is 14.3 Å². The molecule has 3 N–H and O–H groups in total. The molecule has 28 heavy (non-hydrogen) atoms. The van der Waals surface area contributed by atoms with Crippen molar-refractivity contribution in [3.8, 4) is 0 Å². The highest BCUT2D eigenvalue weighted by Gasteiger charge is 2.08. The number of urea groups is 1. The quantitative estimate of drug-likeness (QED) is 0.564. The molecule has 0 saturated carbocycles. The molecule has 3 aromatic rings. The fourth-order valence-corrected chi connectivity index (χ4v) is 3.01. The predicted octanol–water partition coefficient (Wildman–Crippen LogP) is 2.37. The molecular formula is C18H17FN6O2S. The van der Waals surface area contributed by atoms with Gasteiger partial charge in [-0.15, -0.1) is 11.3 Å². The molecule has 144 valence electrons. The number of hydrogen-bond acceptors (Lipinski definition) is 6. The number of benzene rings is 1. The average molecular weight is 400 g/mol. The molecular weight excluding hydrogens is 383 g/mol. The lowest BCUT2D eigenvalue weighted by molar-refractivity contribution is 0.0953. The molecule has 0 aliphatic heterocycles. The summed E-state index contributed by atoms with van der Waals surface area (Å²) in [5, 5.41) is 10.3. The summed E-state index contributed by atoms with van der Waals surface area (Å²) in [6.45, 7) is 0.597. The van der Waals surface area contributed by atoms with E-state index < -0.39 is 6.03 Å². The van der Waals surface area contributed by atoms with Crippen molar-refractivity contribution in [2.75, 3.05) is 11.9 Å². The Morgan fingerprint density at radius 3 is 2.75 bits per heavy atom. The van der Waals surface area contributed by atoms with Crippen LogP contribution in [-0.4, -0.2) is 33.4 Å². The van der Waals surface area contributed by atoms with Crippen molar-refractivity contribution < 1.29 is 14.0 Å². The number of halogens is 1. The van der Waals surface area contributed by atoms with Gasteiger partial charge in [0.2, 0.25) is 0 Å². The Balaban J connectivity index is 1.41. The summed E-state index contributed by atoms with van der Waals surface area (Å²) in [7, 11) is 0. The summed E-state index contributed by atoms with van der Waals surface area (Å²) in [6, 6.07) is 5.58. The first-order valence-corrected chi connectivity index (χ1v) is 9.25. The second kappa shape index (κ2) is 9.51. The zero-order valence-corrected chi connectivity index (χ0v) is 15.5. The Bertz CT molecular complexity index is 950. The van der Waals surface area contributed by atoms with Crippen LogP contribution in [0.3, 0.4) is 0 Å². The van der Waals surface area contributed by atoms with Gasteiger partial charge in [0.15, 0.2) is 5.13 Å². The summed E-state index contributed by atoms with van der Waals surface area (Å²) < 4.78 is 13.1. The molecule has 0 fully saturated rings. The molecule has 2 aromatic heterocycles. The highest BCUT2D eigenvalue weighted by Crippen LogP contribution is 2.15. The van der Waals surface area contributed by atoms with E-state index in [-0.39, 0.29) is 18.3 Å². The molecule has 0 saturated heterocycles. The summed E-state index contributed by atoms with van der Waals surface area (Å²) >= 11 is 1.28. The number of anilines is 1. The van der Waals surface area contributed by atoms with Gasteiger partial charge < -0.3 is 10.6 Å². The molecule has 8 nitrogen and oxygen atoms in total. The molecule has 3 amide bonds. The summed E-state index contributed by atoms with van der Waals surface area (Å²) in [5.41, 5.74) is 1.79. The zero-order chi connectivity index (χ0) is 19.8. The van der Waals surface area contributed by atoms with Gasteiger partial charge in [0.25, 0.3) is 5.91 Å². The maximum absolute atomic E-state index is 13.1. The first-order chi connectivity index (χ1) is 13.6. The van der Waals surface area contributed by atoms with Crippen LogP contribution in [-0.2, 0) is 13.0 Å². The molecule has 0 aliphatic carbocycles. The molecule has 0 spiro atoms. The number of nitrogens with one attached hydrogen (secondary N) is 3. The summed E-state index contributed by atoms with van der Waals surface area (Å²) in [4.78, 5) is 35.7. The fourth-order valence-electron chi connectivity index (χ4n) is 2.27. The maximum Gasteiger partial charge on any atom is 0.321 e. The molecule has 0 bridgehead atoms. The Morgan fingerprint density at radius 1 is 1.14 bits per heavy atom. The smallest absolute Gasteiger partial charge is 0.321 e. The first-order valence-electron chi connectivity index (χ1n) is 8.37. The largest absolute Gasteiger partial charge is 0.352 e. The monoisotopic (exact) mass is 400 g/mol. The zero-order valence-electron chi connectivity index (χ0n) is 14.7. The van der Waals surface area contributed by atoms with E-state index in [9.17, 15) is 14.0 Å². The van der Waals surface area contributed by atoms with E-state index in [1.54, 1.807) is 17.5 Å². The number of carbonyl (C=O) groups excluding carboxylic acids is 2. The standard InChI is InChI=1S/C18H17FN6O2S/c19-14-3-1-2-12(6-14)7-23-17(27)25-18-24-15(10-28-18)4-5-22-16(26)13-8-20-11-21-9-13/h1-3,6,8-11H,4-5,7H2,(H,22,26)(H2,23,24,25,27). The van der Waals surface area contributed by atoms with Gasteiger partial charge in [-0.1, -0.05) is 12.1 Å². The van der Waals surface area contributed by atoms with Crippen molar-refractivity contribution in [1.82, 2.24) is 25.6 Å². The minimum atomic E-state index is -0.428. The van der Waals surface area contributed by atoms with E-state index in [1.807, 2.05) is 0 Å². The van der Waals surface area contributed by atoms with Gasteiger partial charge >= 0.3 is 6.03 Å². The van der Waals surface area contributed by atoms with Crippen LogP contribution >= 0.6 is 11.3 Å². The normalized spacial score (nSPS) is 10.3. The van der Waals surface area contributed by atoms with Gasteiger partial charge in [-0.2, -0.15) is 0 Å². The van der Waals surface area contributed by atoms with Crippen molar-refractivity contribution in [3.63, 3.8) is 0 Å². The van der Waals surface area contributed by atoms with E-state index in [4.69, 9.17) is 0 Å². The van der Waals surface area contributed by atoms with Gasteiger partial charge in [-0.05, 0) is 17.7 Å². The highest BCUT2D eigenvalue weighted by molar-refractivity contribution is 7.13. The van der Waals surface area contributed by atoms with Crippen LogP contribution in [0, 0.1) is 5.82 Å². The third-order valence-electron chi connectivity index (χ3n) is 3.60. The Hall–Kier alpha value is -3.40. The van der Waals surface area contributed by atoms with Crippen LogP contribution in [0.1, 0.15) is 21.6 Å². The average Bonchev–Trinajstić information content (AvgIpc) is 3.14. The number of aromatic nitrogens is 3. The SMILES string of the molecule is O=C(NCc1cccc(F)c1)Nc1nc(CCNC(=O)c2cncnc2)cs1. The van der Waals surface area contributed by atoms with E-state index in [2.05, 4.69) is 30.9 Å². The summed E-state index contributed by atoms with van der Waals surface area (Å²) in [6.07, 6.45) is 4.75. The van der Waals surface area contributed by atoms with Crippen molar-refractivity contribution in [2.24, 2.45) is 0 Å². The van der Waals surface area contributed by atoms with E-state index in [0.29, 0.717) is 29.2 Å². The van der Waals surface area contributed by atoms with Crippen LogP contribution in [0.5, 0.6) is 0 Å². The highest BCUT2D eigenvalue weighted by atomic mass is 32.1. The fraction of sp³-hybridized carbons (Fsp3) is 0.167. The number of rotatable bonds is 7. The first kappa shape index (κ1) is 19.4. The van der Waals surface area contributed by atoms with Gasteiger partial charge in [-0.25, -0.2) is 24.1 Å². The second-order valence-electron chi connectivity index (χ2n) is 5.71. The molecule has 0 aliphatic rings. The van der Waals surface area contributed by atoms with Crippen molar-refractivity contribution >= 4 is 28.4 Å². The van der Waals surface area contributed by atoms with Crippen LogP contribution in [0.2, 0.25) is 0 Å². The molecule has 10 heteroatoms. The lowest BCUT2D eigenvalue weighted by Gasteiger charge is -2.05. The van der Waals surface area contributed by atoms with Crippen LogP contribution in [0.25, 0.3) is 0 Å². The molecule has 1 aromatic carbocycles. The summed E-state index contributed by atoms with van der Waals surface area (Å²) in [5.74, 6) is -0.609. The molecule has 2 heterocycles. The molecule has 0 radical (unpaired) electrons. The number of nitrogens with zero attached hydrogens (tertiary/aromatic N) is 3. The number of amides is 3. The number of carbonyl (C=O) groups is 2. The molecule has 3 rings (SSSR count). The van der Waals surface area contributed by atoms with E-state index in [1.165, 1.54) is 42.2 Å². The Labute approximate surface area is 164 Å². The Morgan fingerprint density at radius 2 is 1.96 bits per heavy atom. The topological polar surface area (TPSA) is 109 Å². The molecule has 0 atom stereocenters. The number of hydrogen-bond donors (Lipinski definition) is 3. The third kappa shape index (κ3) is 5.81. The maximum atomic E-state index is 13.1. The second-order valence-corrected chi connectivity index (χ2v) is 6.57. The van der Waals surface area contributed by atoms with Gasteiger partial charge in [0.1, 0.15) is 12.1 Å². The molecule has 0 unspecified atom stereocenters.